The maximum absolute atomic E-state index is 14.3. The van der Waals surface area contributed by atoms with Crippen LogP contribution in [0.4, 0.5) is 14.5 Å². The minimum Gasteiger partial charge on any atom is -0.465 e. The quantitative estimate of drug-likeness (QED) is 0.671. The molecule has 7 nitrogen and oxygen atoms in total. The van der Waals surface area contributed by atoms with Crippen LogP contribution in [-0.4, -0.2) is 40.2 Å². The van der Waals surface area contributed by atoms with Gasteiger partial charge in [0, 0.05) is 6.07 Å². The molecule has 25 heavy (non-hydrogen) atoms. The van der Waals surface area contributed by atoms with E-state index in [0.717, 1.165) is 7.11 Å². The number of ether oxygens (including phenoxy) is 1. The second-order valence-electron chi connectivity index (χ2n) is 5.16. The van der Waals surface area contributed by atoms with Crippen molar-refractivity contribution in [2.24, 2.45) is 0 Å². The Labute approximate surface area is 145 Å². The fourth-order valence-corrected chi connectivity index (χ4v) is 6.57. The first-order valence-corrected chi connectivity index (χ1v) is 10.6. The molecule has 0 saturated carbocycles. The lowest BCUT2D eigenvalue weighted by molar-refractivity contribution is 0.0595. The molecule has 1 unspecified atom stereocenters. The second-order valence-corrected chi connectivity index (χ2v) is 9.62. The standard InChI is InChI=1S/C14H19F2NO6S2/c1-4-6-24(19,20)12(5-2)25(21,22)17-11-8-9(15)7-10(13(11)16)14(18)23-3/h7-8,12,17H,4-6H2,1-3H3. The number of sulfonamides is 1. The summed E-state index contributed by atoms with van der Waals surface area (Å²) in [5, 5.41) is 0. The maximum Gasteiger partial charge on any atom is 0.341 e. The number of methoxy groups -OCH3 is 1. The number of sulfone groups is 1. The third-order valence-corrected chi connectivity index (χ3v) is 8.54. The van der Waals surface area contributed by atoms with Crippen molar-refractivity contribution in [2.45, 2.75) is 31.3 Å². The molecule has 1 rings (SSSR count). The summed E-state index contributed by atoms with van der Waals surface area (Å²) >= 11 is 0. The molecule has 0 aromatic heterocycles. The number of rotatable bonds is 8. The minimum atomic E-state index is -4.59. The molecule has 1 aromatic carbocycles. The summed E-state index contributed by atoms with van der Waals surface area (Å²) in [5.41, 5.74) is -1.68. The van der Waals surface area contributed by atoms with Crippen molar-refractivity contribution in [3.05, 3.63) is 29.3 Å². The van der Waals surface area contributed by atoms with Gasteiger partial charge in [-0.05, 0) is 18.9 Å². The molecule has 11 heteroatoms. The Balaban J connectivity index is 3.37. The average molecular weight is 399 g/mol. The highest BCUT2D eigenvalue weighted by Gasteiger charge is 2.36. The number of carbonyl (C=O) groups excluding carboxylic acids is 1. The topological polar surface area (TPSA) is 107 Å². The zero-order chi connectivity index (χ0) is 19.4. The van der Waals surface area contributed by atoms with Gasteiger partial charge in [0.25, 0.3) is 0 Å². The number of anilines is 1. The first-order valence-electron chi connectivity index (χ1n) is 7.30. The SMILES string of the molecule is CCCS(=O)(=O)C(CC)S(=O)(=O)Nc1cc(F)cc(C(=O)OC)c1F. The van der Waals surface area contributed by atoms with Gasteiger partial charge in [0.1, 0.15) is 11.4 Å². The molecule has 0 bridgehead atoms. The van der Waals surface area contributed by atoms with E-state index in [1.807, 2.05) is 0 Å². The number of carbonyl (C=O) groups is 1. The largest absolute Gasteiger partial charge is 0.465 e. The lowest BCUT2D eigenvalue weighted by Crippen LogP contribution is -2.36. The van der Waals surface area contributed by atoms with Gasteiger partial charge in [-0.25, -0.2) is 30.4 Å². The molecule has 0 aliphatic carbocycles. The van der Waals surface area contributed by atoms with Crippen LogP contribution in [0.25, 0.3) is 0 Å². The lowest BCUT2D eigenvalue weighted by atomic mass is 10.2. The van der Waals surface area contributed by atoms with Crippen molar-refractivity contribution < 1.29 is 35.1 Å². The number of halogens is 2. The molecule has 0 heterocycles. The van der Waals surface area contributed by atoms with E-state index in [0.29, 0.717) is 12.1 Å². The fraction of sp³-hybridized carbons (Fsp3) is 0.500. The van der Waals surface area contributed by atoms with Crippen molar-refractivity contribution in [1.29, 1.82) is 0 Å². The first-order chi connectivity index (χ1) is 11.5. The molecule has 1 N–H and O–H groups in total. The summed E-state index contributed by atoms with van der Waals surface area (Å²) in [6.07, 6.45) is -0.0758. The summed E-state index contributed by atoms with van der Waals surface area (Å²) in [5.74, 6) is -4.03. The monoisotopic (exact) mass is 399 g/mol. The van der Waals surface area contributed by atoms with E-state index in [2.05, 4.69) is 4.74 Å². The van der Waals surface area contributed by atoms with Crippen LogP contribution in [0.1, 0.15) is 37.0 Å². The van der Waals surface area contributed by atoms with E-state index >= 15 is 0 Å². The Bertz CT molecular complexity index is 852. The summed E-state index contributed by atoms with van der Waals surface area (Å²) in [7, 11) is -7.66. The van der Waals surface area contributed by atoms with Crippen molar-refractivity contribution in [1.82, 2.24) is 0 Å². The van der Waals surface area contributed by atoms with E-state index in [9.17, 15) is 30.4 Å². The van der Waals surface area contributed by atoms with Gasteiger partial charge in [-0.2, -0.15) is 0 Å². The molecule has 0 fully saturated rings. The molecular formula is C14H19F2NO6S2. The Kier molecular flexibility index (Phi) is 6.89. The van der Waals surface area contributed by atoms with Gasteiger partial charge in [-0.15, -0.1) is 0 Å². The van der Waals surface area contributed by atoms with E-state index in [1.165, 1.54) is 6.92 Å². The Hall–Kier alpha value is -1.75. The fourth-order valence-electron chi connectivity index (χ4n) is 2.22. The van der Waals surface area contributed by atoms with Crippen LogP contribution in [0, 0.1) is 11.6 Å². The van der Waals surface area contributed by atoms with Crippen LogP contribution in [0.3, 0.4) is 0 Å². The molecule has 0 spiro atoms. The van der Waals surface area contributed by atoms with Crippen molar-refractivity contribution in [2.75, 3.05) is 17.6 Å². The van der Waals surface area contributed by atoms with Gasteiger partial charge in [0.15, 0.2) is 20.2 Å². The second kappa shape index (κ2) is 8.09. The van der Waals surface area contributed by atoms with Crippen LogP contribution < -0.4 is 4.72 Å². The van der Waals surface area contributed by atoms with Crippen molar-refractivity contribution in [3.63, 3.8) is 0 Å². The van der Waals surface area contributed by atoms with Gasteiger partial charge < -0.3 is 4.74 Å². The number of hydrogen-bond donors (Lipinski definition) is 1. The van der Waals surface area contributed by atoms with Gasteiger partial charge in [0.2, 0.25) is 10.0 Å². The molecule has 0 saturated heterocycles. The van der Waals surface area contributed by atoms with E-state index in [4.69, 9.17) is 0 Å². The van der Waals surface area contributed by atoms with Crippen molar-refractivity contribution >= 4 is 31.5 Å². The predicted molar refractivity (Wildman–Crippen MR) is 88.4 cm³/mol. The molecule has 1 aromatic rings. The normalized spacial score (nSPS) is 13.3. The van der Waals surface area contributed by atoms with Crippen LogP contribution in [0.5, 0.6) is 0 Å². The Morgan fingerprint density at radius 1 is 1.20 bits per heavy atom. The average Bonchev–Trinajstić information content (AvgIpc) is 2.49. The third-order valence-electron chi connectivity index (χ3n) is 3.26. The van der Waals surface area contributed by atoms with Gasteiger partial charge in [-0.1, -0.05) is 13.8 Å². The molecule has 0 amide bonds. The smallest absolute Gasteiger partial charge is 0.341 e. The Morgan fingerprint density at radius 2 is 1.80 bits per heavy atom. The zero-order valence-corrected chi connectivity index (χ0v) is 15.5. The minimum absolute atomic E-state index is 0.204. The van der Waals surface area contributed by atoms with Gasteiger partial charge >= 0.3 is 5.97 Å². The molecule has 0 aliphatic heterocycles. The van der Waals surface area contributed by atoms with E-state index in [1.54, 1.807) is 11.6 Å². The summed E-state index contributed by atoms with van der Waals surface area (Å²) in [6, 6.07) is 1.06. The highest BCUT2D eigenvalue weighted by atomic mass is 32.3. The molecule has 1 atom stereocenters. The third kappa shape index (κ3) is 4.88. The summed E-state index contributed by atoms with van der Waals surface area (Å²) < 4.78 is 81.0. The molecule has 0 aliphatic rings. The Morgan fingerprint density at radius 3 is 2.28 bits per heavy atom. The highest BCUT2D eigenvalue weighted by Crippen LogP contribution is 2.25. The number of benzene rings is 1. The molecular weight excluding hydrogens is 380 g/mol. The highest BCUT2D eigenvalue weighted by molar-refractivity contribution is 8.09. The summed E-state index contributed by atoms with van der Waals surface area (Å²) in [6.45, 7) is 2.91. The lowest BCUT2D eigenvalue weighted by Gasteiger charge is -2.18. The van der Waals surface area contributed by atoms with Crippen LogP contribution in [0.15, 0.2) is 12.1 Å². The van der Waals surface area contributed by atoms with Gasteiger partial charge in [-0.3, -0.25) is 4.72 Å². The van der Waals surface area contributed by atoms with Crippen LogP contribution in [-0.2, 0) is 24.6 Å². The van der Waals surface area contributed by atoms with Gasteiger partial charge in [0.05, 0.1) is 18.6 Å². The number of hydrogen-bond acceptors (Lipinski definition) is 6. The molecule has 0 radical (unpaired) electrons. The first kappa shape index (κ1) is 21.3. The van der Waals surface area contributed by atoms with Crippen molar-refractivity contribution in [3.8, 4) is 0 Å². The zero-order valence-electron chi connectivity index (χ0n) is 13.9. The summed E-state index contributed by atoms with van der Waals surface area (Å²) in [4.78, 5) is 11.4. The maximum atomic E-state index is 14.3. The van der Waals surface area contributed by atoms with E-state index in [-0.39, 0.29) is 18.6 Å². The predicted octanol–water partition coefficient (Wildman–Crippen LogP) is 2.05. The van der Waals surface area contributed by atoms with Crippen LogP contribution >= 0.6 is 0 Å². The number of esters is 1. The van der Waals surface area contributed by atoms with E-state index < -0.39 is 53.3 Å². The number of nitrogens with one attached hydrogen (secondary N) is 1. The van der Waals surface area contributed by atoms with Crippen LogP contribution in [0.2, 0.25) is 0 Å². The molecule has 142 valence electrons.